The second-order valence-electron chi connectivity index (χ2n) is 4.25. The van der Waals surface area contributed by atoms with Crippen molar-refractivity contribution in [2.75, 3.05) is 0 Å². The van der Waals surface area contributed by atoms with Crippen LogP contribution < -0.4 is 0 Å². The Morgan fingerprint density at radius 3 is 2.44 bits per heavy atom. The topological polar surface area (TPSA) is 17.1 Å². The first kappa shape index (κ1) is 12.5. The largest absolute Gasteiger partial charge is 0.294 e. The minimum Gasteiger partial charge on any atom is -0.294 e. The number of hydrogen-bond acceptors (Lipinski definition) is 1. The van der Waals surface area contributed by atoms with E-state index in [2.05, 4.69) is 0 Å². The van der Waals surface area contributed by atoms with Crippen LogP contribution in [0, 0.1) is 5.82 Å². The quantitative estimate of drug-likeness (QED) is 0.745. The van der Waals surface area contributed by atoms with Gasteiger partial charge in [0.1, 0.15) is 5.82 Å². The van der Waals surface area contributed by atoms with Crippen LogP contribution in [-0.4, -0.2) is 5.78 Å². The molecule has 0 bridgehead atoms. The van der Waals surface area contributed by atoms with Gasteiger partial charge in [-0.1, -0.05) is 43.3 Å². The first-order valence-corrected chi connectivity index (χ1v) is 6.06. The van der Waals surface area contributed by atoms with E-state index in [1.807, 2.05) is 37.3 Å². The zero-order valence-electron chi connectivity index (χ0n) is 10.3. The molecule has 0 radical (unpaired) electrons. The van der Waals surface area contributed by atoms with Crippen LogP contribution in [0.2, 0.25) is 0 Å². The van der Waals surface area contributed by atoms with E-state index in [0.717, 1.165) is 17.5 Å². The van der Waals surface area contributed by atoms with E-state index in [4.69, 9.17) is 0 Å². The van der Waals surface area contributed by atoms with E-state index in [0.29, 0.717) is 0 Å². The van der Waals surface area contributed by atoms with Gasteiger partial charge in [0.25, 0.3) is 0 Å². The van der Waals surface area contributed by atoms with Gasteiger partial charge >= 0.3 is 0 Å². The van der Waals surface area contributed by atoms with Crippen molar-refractivity contribution in [1.82, 2.24) is 0 Å². The smallest absolute Gasteiger partial charge is 0.170 e. The molecule has 2 aromatic rings. The van der Waals surface area contributed by atoms with Crippen molar-refractivity contribution in [2.24, 2.45) is 0 Å². The Bertz CT molecular complexity index is 546. The summed E-state index contributed by atoms with van der Waals surface area (Å²) in [6.45, 7) is 1.98. The number of rotatable bonds is 4. The number of halogens is 1. The lowest BCUT2D eigenvalue weighted by atomic mass is 10.00. The third kappa shape index (κ3) is 2.83. The minimum absolute atomic E-state index is 0.172. The average Bonchev–Trinajstić information content (AvgIpc) is 2.40. The summed E-state index contributed by atoms with van der Waals surface area (Å²) in [4.78, 5) is 12.1. The summed E-state index contributed by atoms with van der Waals surface area (Å²) in [5.74, 6) is -0.609. The second-order valence-corrected chi connectivity index (χ2v) is 4.25. The zero-order chi connectivity index (χ0) is 13.0. The van der Waals surface area contributed by atoms with Gasteiger partial charge < -0.3 is 0 Å². The molecule has 2 heteroatoms. The van der Waals surface area contributed by atoms with Crippen LogP contribution in [0.3, 0.4) is 0 Å². The average molecular weight is 242 g/mol. The van der Waals surface area contributed by atoms with Crippen molar-refractivity contribution in [3.8, 4) is 0 Å². The van der Waals surface area contributed by atoms with Crippen molar-refractivity contribution in [2.45, 2.75) is 19.8 Å². The molecule has 2 aromatic carbocycles. The number of carbonyl (C=O) groups excluding carboxylic acids is 1. The SMILES string of the molecule is CCc1ccc(F)c(C(=O)Cc2ccccc2)c1. The Balaban J connectivity index is 2.23. The molecule has 0 fully saturated rings. The zero-order valence-corrected chi connectivity index (χ0v) is 10.3. The molecule has 0 amide bonds. The molecule has 0 aliphatic heterocycles. The third-order valence-electron chi connectivity index (χ3n) is 2.95. The summed E-state index contributed by atoms with van der Waals surface area (Å²) in [7, 11) is 0. The summed E-state index contributed by atoms with van der Waals surface area (Å²) in [6.07, 6.45) is 1.04. The summed E-state index contributed by atoms with van der Waals surface area (Å²) in [5.41, 5.74) is 2.08. The van der Waals surface area contributed by atoms with Gasteiger partial charge in [0.2, 0.25) is 0 Å². The highest BCUT2D eigenvalue weighted by molar-refractivity contribution is 5.97. The van der Waals surface area contributed by atoms with Crippen LogP contribution in [0.4, 0.5) is 4.39 Å². The molecule has 0 saturated heterocycles. The number of carbonyl (C=O) groups is 1. The highest BCUT2D eigenvalue weighted by atomic mass is 19.1. The minimum atomic E-state index is -0.437. The summed E-state index contributed by atoms with van der Waals surface area (Å²) < 4.78 is 13.6. The summed E-state index contributed by atoms with van der Waals surface area (Å²) in [6, 6.07) is 14.1. The highest BCUT2D eigenvalue weighted by Gasteiger charge is 2.12. The van der Waals surface area contributed by atoms with Gasteiger partial charge in [0.05, 0.1) is 5.56 Å². The maximum atomic E-state index is 13.6. The molecule has 0 N–H and O–H groups in total. The lowest BCUT2D eigenvalue weighted by molar-refractivity contribution is 0.0989. The molecule has 1 nitrogen and oxygen atoms in total. The molecule has 0 saturated carbocycles. The molecule has 0 spiro atoms. The number of Topliss-reactive ketones (excluding diaryl/α,β-unsaturated/α-hetero) is 1. The molecule has 0 aliphatic carbocycles. The predicted octanol–water partition coefficient (Wildman–Crippen LogP) is 3.81. The Morgan fingerprint density at radius 1 is 1.06 bits per heavy atom. The molecule has 0 heterocycles. The van der Waals surface area contributed by atoms with Gasteiger partial charge in [-0.15, -0.1) is 0 Å². The van der Waals surface area contributed by atoms with E-state index < -0.39 is 5.82 Å². The lowest BCUT2D eigenvalue weighted by Gasteiger charge is -2.05. The van der Waals surface area contributed by atoms with Crippen LogP contribution in [0.5, 0.6) is 0 Å². The predicted molar refractivity (Wildman–Crippen MR) is 70.3 cm³/mol. The van der Waals surface area contributed by atoms with Gasteiger partial charge in [-0.05, 0) is 29.7 Å². The van der Waals surface area contributed by atoms with Crippen LogP contribution in [0.1, 0.15) is 28.4 Å². The first-order valence-electron chi connectivity index (χ1n) is 6.06. The molecule has 0 aromatic heterocycles. The van der Waals surface area contributed by atoms with Crippen molar-refractivity contribution in [3.63, 3.8) is 0 Å². The number of ketones is 1. The maximum absolute atomic E-state index is 13.6. The molecule has 0 aliphatic rings. The van der Waals surface area contributed by atoms with Crippen molar-refractivity contribution < 1.29 is 9.18 Å². The summed E-state index contributed by atoms with van der Waals surface area (Å²) >= 11 is 0. The molecule has 0 unspecified atom stereocenters. The van der Waals surface area contributed by atoms with Gasteiger partial charge in [-0.2, -0.15) is 0 Å². The molecular weight excluding hydrogens is 227 g/mol. The molecule has 18 heavy (non-hydrogen) atoms. The number of hydrogen-bond donors (Lipinski definition) is 0. The Hall–Kier alpha value is -1.96. The Kier molecular flexibility index (Phi) is 3.88. The fraction of sp³-hybridized carbons (Fsp3) is 0.188. The molecule has 0 atom stereocenters. The van der Waals surface area contributed by atoms with Crippen LogP contribution in [0.15, 0.2) is 48.5 Å². The second kappa shape index (κ2) is 5.58. The van der Waals surface area contributed by atoms with Gasteiger partial charge in [0, 0.05) is 6.42 Å². The van der Waals surface area contributed by atoms with Crippen molar-refractivity contribution >= 4 is 5.78 Å². The van der Waals surface area contributed by atoms with Crippen molar-refractivity contribution in [3.05, 3.63) is 71.0 Å². The van der Waals surface area contributed by atoms with E-state index in [1.165, 1.54) is 6.07 Å². The number of benzene rings is 2. The van der Waals surface area contributed by atoms with Crippen LogP contribution in [0.25, 0.3) is 0 Å². The third-order valence-corrected chi connectivity index (χ3v) is 2.95. The normalized spacial score (nSPS) is 10.3. The lowest BCUT2D eigenvalue weighted by Crippen LogP contribution is -2.06. The monoisotopic (exact) mass is 242 g/mol. The van der Waals surface area contributed by atoms with Gasteiger partial charge in [0.15, 0.2) is 5.78 Å². The fourth-order valence-corrected chi connectivity index (χ4v) is 1.88. The fourth-order valence-electron chi connectivity index (χ4n) is 1.88. The molecular formula is C16H15FO. The number of aryl methyl sites for hydroxylation is 1. The van der Waals surface area contributed by atoms with Crippen molar-refractivity contribution in [1.29, 1.82) is 0 Å². The van der Waals surface area contributed by atoms with Gasteiger partial charge in [-0.25, -0.2) is 4.39 Å². The summed E-state index contributed by atoms with van der Waals surface area (Å²) in [5, 5.41) is 0. The molecule has 2 rings (SSSR count). The molecule has 92 valence electrons. The maximum Gasteiger partial charge on any atom is 0.170 e. The van der Waals surface area contributed by atoms with E-state index in [-0.39, 0.29) is 17.8 Å². The van der Waals surface area contributed by atoms with E-state index in [1.54, 1.807) is 12.1 Å². The van der Waals surface area contributed by atoms with Gasteiger partial charge in [-0.3, -0.25) is 4.79 Å². The highest BCUT2D eigenvalue weighted by Crippen LogP contribution is 2.14. The van der Waals surface area contributed by atoms with E-state index in [9.17, 15) is 9.18 Å². The first-order chi connectivity index (χ1) is 8.70. The Morgan fingerprint density at radius 2 is 1.78 bits per heavy atom. The Labute approximate surface area is 106 Å². The van der Waals surface area contributed by atoms with E-state index >= 15 is 0 Å². The van der Waals surface area contributed by atoms with Crippen LogP contribution in [-0.2, 0) is 12.8 Å². The van der Waals surface area contributed by atoms with Crippen LogP contribution >= 0.6 is 0 Å². The standard InChI is InChI=1S/C16H15FO/c1-2-12-8-9-15(17)14(10-12)16(18)11-13-6-4-3-5-7-13/h3-10H,2,11H2,1H3.